The van der Waals surface area contributed by atoms with E-state index in [9.17, 15) is 18.8 Å². The quantitative estimate of drug-likeness (QED) is 0.523. The predicted octanol–water partition coefficient (Wildman–Crippen LogP) is 2.22. The third-order valence-electron chi connectivity index (χ3n) is 5.50. The van der Waals surface area contributed by atoms with Crippen LogP contribution in [0.2, 0.25) is 0 Å². The van der Waals surface area contributed by atoms with E-state index in [0.717, 1.165) is 25.9 Å². The fourth-order valence-corrected chi connectivity index (χ4v) is 3.86. The summed E-state index contributed by atoms with van der Waals surface area (Å²) in [7, 11) is 3.24. The van der Waals surface area contributed by atoms with E-state index < -0.39 is 23.7 Å². The maximum absolute atomic E-state index is 14.6. The summed E-state index contributed by atoms with van der Waals surface area (Å²) < 4.78 is 25.3. The van der Waals surface area contributed by atoms with Gasteiger partial charge >= 0.3 is 0 Å². The number of hydrogen-bond donors (Lipinski definition) is 2. The summed E-state index contributed by atoms with van der Waals surface area (Å²) in [5, 5.41) is 4.65. The minimum Gasteiger partial charge on any atom is -0.371 e. The summed E-state index contributed by atoms with van der Waals surface area (Å²) in [6.45, 7) is 5.46. The van der Waals surface area contributed by atoms with Crippen molar-refractivity contribution in [2.24, 2.45) is 5.92 Å². The molecule has 1 aromatic carbocycles. The molecule has 2 saturated heterocycles. The molecule has 0 saturated carbocycles. The van der Waals surface area contributed by atoms with Crippen molar-refractivity contribution in [2.45, 2.75) is 51.9 Å². The lowest BCUT2D eigenvalue weighted by molar-refractivity contribution is -0.141. The van der Waals surface area contributed by atoms with Gasteiger partial charge in [0.1, 0.15) is 11.9 Å². The van der Waals surface area contributed by atoms with Crippen LogP contribution in [0.25, 0.3) is 0 Å². The summed E-state index contributed by atoms with van der Waals surface area (Å²) >= 11 is 0. The normalized spacial score (nSPS) is 19.5. The highest BCUT2D eigenvalue weighted by molar-refractivity contribution is 6.03. The molecule has 0 radical (unpaired) electrons. The Morgan fingerprint density at radius 1 is 1.16 bits per heavy atom. The molecule has 0 bridgehead atoms. The standard InChI is InChI=1S/C20H26FN3O5.C2H6/c1-28-20(29-2)12-7-9-24(10-8-12)13-3-4-14(15(21)11-13)18(26)22-16-5-6-17(25)23-19(16)27;1-2/h3-4,11-12,16,20H,5-10H2,1-2H3,(H,22,26)(H,23,25,27);1-2H3. The van der Waals surface area contributed by atoms with Crippen molar-refractivity contribution < 1.29 is 28.2 Å². The van der Waals surface area contributed by atoms with Gasteiger partial charge in [-0.1, -0.05) is 13.8 Å². The Morgan fingerprint density at radius 2 is 1.81 bits per heavy atom. The van der Waals surface area contributed by atoms with Crippen LogP contribution in [0.5, 0.6) is 0 Å². The van der Waals surface area contributed by atoms with Gasteiger partial charge in [-0.3, -0.25) is 19.7 Å². The van der Waals surface area contributed by atoms with Crippen LogP contribution in [-0.2, 0) is 19.1 Å². The molecule has 172 valence electrons. The summed E-state index contributed by atoms with van der Waals surface area (Å²) in [4.78, 5) is 37.4. The number of imide groups is 1. The highest BCUT2D eigenvalue weighted by Crippen LogP contribution is 2.28. The molecular formula is C22H32FN3O5. The van der Waals surface area contributed by atoms with Gasteiger partial charge in [-0.25, -0.2) is 4.39 Å². The third-order valence-corrected chi connectivity index (χ3v) is 5.50. The number of methoxy groups -OCH3 is 2. The molecule has 9 heteroatoms. The van der Waals surface area contributed by atoms with Gasteiger partial charge in [0.15, 0.2) is 6.29 Å². The topological polar surface area (TPSA) is 97.0 Å². The van der Waals surface area contributed by atoms with Gasteiger partial charge in [0.05, 0.1) is 5.56 Å². The molecule has 2 aliphatic heterocycles. The third kappa shape index (κ3) is 6.24. The summed E-state index contributed by atoms with van der Waals surface area (Å²) in [6, 6.07) is 3.62. The first-order valence-corrected chi connectivity index (χ1v) is 10.7. The van der Waals surface area contributed by atoms with Gasteiger partial charge in [-0.15, -0.1) is 0 Å². The molecule has 2 fully saturated rings. The minimum atomic E-state index is -0.840. The Labute approximate surface area is 182 Å². The highest BCUT2D eigenvalue weighted by atomic mass is 19.1. The van der Waals surface area contributed by atoms with Gasteiger partial charge in [0.2, 0.25) is 11.8 Å². The number of carbonyl (C=O) groups excluding carboxylic acids is 3. The average molecular weight is 438 g/mol. The van der Waals surface area contributed by atoms with Crippen molar-refractivity contribution in [1.82, 2.24) is 10.6 Å². The van der Waals surface area contributed by atoms with Gasteiger partial charge < -0.3 is 19.7 Å². The number of halogens is 1. The SMILES string of the molecule is CC.COC(OC)C1CCN(c2ccc(C(=O)NC3CCC(=O)NC3=O)c(F)c2)CC1. The van der Waals surface area contributed by atoms with E-state index in [4.69, 9.17) is 9.47 Å². The number of rotatable bonds is 6. The summed E-state index contributed by atoms with van der Waals surface area (Å²) in [6.07, 6.45) is 1.81. The molecule has 31 heavy (non-hydrogen) atoms. The molecule has 3 amide bonds. The number of piperidine rings is 2. The van der Waals surface area contributed by atoms with Crippen LogP contribution in [0.1, 0.15) is 49.9 Å². The van der Waals surface area contributed by atoms with Crippen molar-refractivity contribution in [3.8, 4) is 0 Å². The Morgan fingerprint density at radius 3 is 2.35 bits per heavy atom. The molecule has 0 aliphatic carbocycles. The first-order valence-electron chi connectivity index (χ1n) is 10.7. The number of benzene rings is 1. The van der Waals surface area contributed by atoms with Crippen molar-refractivity contribution >= 4 is 23.4 Å². The fourth-order valence-electron chi connectivity index (χ4n) is 3.86. The molecule has 0 spiro atoms. The summed E-state index contributed by atoms with van der Waals surface area (Å²) in [5.41, 5.74) is 0.567. The van der Waals surface area contributed by atoms with E-state index in [1.165, 1.54) is 12.1 Å². The zero-order chi connectivity index (χ0) is 23.0. The molecule has 2 heterocycles. The van der Waals surface area contributed by atoms with Crippen LogP contribution < -0.4 is 15.5 Å². The number of ether oxygens (including phenoxy) is 2. The number of nitrogens with zero attached hydrogens (tertiary/aromatic N) is 1. The second kappa shape index (κ2) is 11.8. The van der Waals surface area contributed by atoms with E-state index in [-0.39, 0.29) is 36.5 Å². The van der Waals surface area contributed by atoms with Crippen molar-refractivity contribution in [3.63, 3.8) is 0 Å². The molecule has 1 aromatic rings. The van der Waals surface area contributed by atoms with E-state index in [1.54, 1.807) is 20.3 Å². The molecule has 8 nitrogen and oxygen atoms in total. The van der Waals surface area contributed by atoms with Gasteiger partial charge in [0, 0.05) is 45.3 Å². The molecule has 0 aromatic heterocycles. The average Bonchev–Trinajstić information content (AvgIpc) is 2.78. The van der Waals surface area contributed by atoms with Crippen molar-refractivity contribution in [3.05, 3.63) is 29.6 Å². The molecular weight excluding hydrogens is 405 g/mol. The van der Waals surface area contributed by atoms with E-state index in [2.05, 4.69) is 15.5 Å². The van der Waals surface area contributed by atoms with Crippen molar-refractivity contribution in [2.75, 3.05) is 32.2 Å². The lowest BCUT2D eigenvalue weighted by Crippen LogP contribution is -2.52. The zero-order valence-electron chi connectivity index (χ0n) is 18.6. The number of nitrogens with one attached hydrogen (secondary N) is 2. The Bertz CT molecular complexity index is 776. The lowest BCUT2D eigenvalue weighted by Gasteiger charge is -2.36. The molecule has 2 N–H and O–H groups in total. The molecule has 1 atom stereocenters. The minimum absolute atomic E-state index is 0.132. The Hall–Kier alpha value is -2.52. The smallest absolute Gasteiger partial charge is 0.254 e. The molecule has 2 aliphatic rings. The van der Waals surface area contributed by atoms with E-state index >= 15 is 0 Å². The van der Waals surface area contributed by atoms with Gasteiger partial charge in [-0.05, 0) is 37.5 Å². The van der Waals surface area contributed by atoms with E-state index in [0.29, 0.717) is 5.69 Å². The number of amides is 3. The van der Waals surface area contributed by atoms with Crippen molar-refractivity contribution in [1.29, 1.82) is 0 Å². The highest BCUT2D eigenvalue weighted by Gasteiger charge is 2.30. The first-order chi connectivity index (χ1) is 14.9. The first kappa shape index (κ1) is 24.7. The number of anilines is 1. The van der Waals surface area contributed by atoms with Crippen LogP contribution in [0.4, 0.5) is 10.1 Å². The Balaban J connectivity index is 0.00000166. The largest absolute Gasteiger partial charge is 0.371 e. The summed E-state index contributed by atoms with van der Waals surface area (Å²) in [5.74, 6) is -1.99. The zero-order valence-corrected chi connectivity index (χ0v) is 18.6. The molecule has 1 unspecified atom stereocenters. The maximum atomic E-state index is 14.6. The fraction of sp³-hybridized carbons (Fsp3) is 0.591. The van der Waals surface area contributed by atoms with Crippen LogP contribution in [-0.4, -0.2) is 57.4 Å². The van der Waals surface area contributed by atoms with E-state index in [1.807, 2.05) is 13.8 Å². The number of hydrogen-bond acceptors (Lipinski definition) is 6. The van der Waals surface area contributed by atoms with Crippen LogP contribution in [0.15, 0.2) is 18.2 Å². The molecule has 3 rings (SSSR count). The van der Waals surface area contributed by atoms with Crippen LogP contribution in [0, 0.1) is 11.7 Å². The van der Waals surface area contributed by atoms with Gasteiger partial charge in [-0.2, -0.15) is 0 Å². The second-order valence-electron chi connectivity index (χ2n) is 7.31. The van der Waals surface area contributed by atoms with Crippen LogP contribution >= 0.6 is 0 Å². The van der Waals surface area contributed by atoms with Gasteiger partial charge in [0.25, 0.3) is 5.91 Å². The maximum Gasteiger partial charge on any atom is 0.254 e. The second-order valence-corrected chi connectivity index (χ2v) is 7.31. The predicted molar refractivity (Wildman–Crippen MR) is 114 cm³/mol. The monoisotopic (exact) mass is 437 g/mol. The van der Waals surface area contributed by atoms with Crippen LogP contribution in [0.3, 0.4) is 0 Å². The number of carbonyl (C=O) groups is 3. The Kier molecular flexibility index (Phi) is 9.39. The lowest BCUT2D eigenvalue weighted by atomic mass is 9.95.